The molecule has 0 spiro atoms. The zero-order valence-electron chi connectivity index (χ0n) is 9.43. The van der Waals surface area contributed by atoms with E-state index >= 15 is 0 Å². The minimum absolute atomic E-state index is 0.627. The van der Waals surface area contributed by atoms with Gasteiger partial charge in [0.15, 0.2) is 0 Å². The van der Waals surface area contributed by atoms with Gasteiger partial charge in [-0.1, -0.05) is 12.1 Å². The average Bonchev–Trinajstić information content (AvgIpc) is 3.00. The van der Waals surface area contributed by atoms with Crippen LogP contribution in [0.25, 0.3) is 11.3 Å². The predicted molar refractivity (Wildman–Crippen MR) is 76.4 cm³/mol. The fourth-order valence-electron chi connectivity index (χ4n) is 1.99. The van der Waals surface area contributed by atoms with E-state index in [9.17, 15) is 0 Å². The molecule has 1 fully saturated rings. The molecule has 0 saturated carbocycles. The Bertz CT molecular complexity index is 498. The molecule has 4 heteroatoms. The molecule has 88 valence electrons. The van der Waals surface area contributed by atoms with E-state index in [1.807, 2.05) is 36.0 Å². The van der Waals surface area contributed by atoms with E-state index in [0.717, 1.165) is 16.9 Å². The number of thioether (sulfide) groups is 1. The Morgan fingerprint density at radius 1 is 1.24 bits per heavy atom. The highest BCUT2D eigenvalue weighted by molar-refractivity contribution is 7.99. The number of hydrogen-bond donors (Lipinski definition) is 1. The summed E-state index contributed by atoms with van der Waals surface area (Å²) in [5.74, 6) is 1.28. The Labute approximate surface area is 109 Å². The number of nitrogens with two attached hydrogens (primary N) is 1. The van der Waals surface area contributed by atoms with E-state index in [1.54, 1.807) is 11.3 Å². The molecule has 1 saturated heterocycles. The third-order valence-corrected chi connectivity index (χ3v) is 5.43. The van der Waals surface area contributed by atoms with E-state index < -0.39 is 0 Å². The average molecular weight is 262 g/mol. The van der Waals surface area contributed by atoms with Crippen molar-refractivity contribution in [2.45, 2.75) is 18.1 Å². The molecule has 2 aromatic rings. The van der Waals surface area contributed by atoms with Gasteiger partial charge in [0, 0.05) is 16.6 Å². The molecule has 2 N–H and O–H groups in total. The second-order valence-electron chi connectivity index (χ2n) is 4.19. The number of aromatic nitrogens is 1. The minimum Gasteiger partial charge on any atom is -0.399 e. The van der Waals surface area contributed by atoms with Crippen LogP contribution in [-0.2, 0) is 0 Å². The lowest BCUT2D eigenvalue weighted by Gasteiger charge is -2.02. The smallest absolute Gasteiger partial charge is 0.106 e. The van der Waals surface area contributed by atoms with Crippen LogP contribution in [0.4, 0.5) is 5.69 Å². The van der Waals surface area contributed by atoms with E-state index in [1.165, 1.54) is 23.6 Å². The van der Waals surface area contributed by atoms with E-state index in [4.69, 9.17) is 10.7 Å². The Morgan fingerprint density at radius 3 is 2.76 bits per heavy atom. The molecule has 1 aromatic heterocycles. The van der Waals surface area contributed by atoms with Gasteiger partial charge in [-0.2, -0.15) is 11.8 Å². The van der Waals surface area contributed by atoms with Gasteiger partial charge in [0.1, 0.15) is 5.01 Å². The first-order chi connectivity index (χ1) is 8.33. The van der Waals surface area contributed by atoms with Crippen molar-refractivity contribution in [2.75, 3.05) is 11.5 Å². The van der Waals surface area contributed by atoms with Crippen molar-refractivity contribution in [1.29, 1.82) is 0 Å². The monoisotopic (exact) mass is 262 g/mol. The number of benzene rings is 1. The van der Waals surface area contributed by atoms with Gasteiger partial charge in [-0.3, -0.25) is 0 Å². The van der Waals surface area contributed by atoms with Crippen LogP contribution in [0.5, 0.6) is 0 Å². The summed E-state index contributed by atoms with van der Waals surface area (Å²) >= 11 is 3.82. The number of rotatable bonds is 2. The largest absolute Gasteiger partial charge is 0.399 e. The van der Waals surface area contributed by atoms with E-state index in [0.29, 0.717) is 5.25 Å². The zero-order chi connectivity index (χ0) is 11.7. The molecule has 1 aliphatic heterocycles. The van der Waals surface area contributed by atoms with Crippen molar-refractivity contribution in [3.63, 3.8) is 0 Å². The van der Waals surface area contributed by atoms with Gasteiger partial charge < -0.3 is 5.73 Å². The highest BCUT2D eigenvalue weighted by Crippen LogP contribution is 2.41. The number of hydrogen-bond acceptors (Lipinski definition) is 4. The van der Waals surface area contributed by atoms with Crippen molar-refractivity contribution in [2.24, 2.45) is 0 Å². The number of nitrogen functional groups attached to an aromatic ring is 1. The molecule has 17 heavy (non-hydrogen) atoms. The molecular weight excluding hydrogens is 248 g/mol. The van der Waals surface area contributed by atoms with Crippen LogP contribution in [0, 0.1) is 0 Å². The summed E-state index contributed by atoms with van der Waals surface area (Å²) < 4.78 is 0. The maximum absolute atomic E-state index is 5.69. The molecule has 1 unspecified atom stereocenters. The highest BCUT2D eigenvalue weighted by Gasteiger charge is 2.20. The van der Waals surface area contributed by atoms with Crippen LogP contribution in [0.1, 0.15) is 23.1 Å². The fraction of sp³-hybridized carbons (Fsp3) is 0.308. The molecule has 1 aromatic carbocycles. The van der Waals surface area contributed by atoms with Gasteiger partial charge in [0.05, 0.1) is 10.9 Å². The molecule has 1 aliphatic rings. The number of anilines is 1. The van der Waals surface area contributed by atoms with Crippen LogP contribution in [-0.4, -0.2) is 10.7 Å². The van der Waals surface area contributed by atoms with Crippen LogP contribution in [0.15, 0.2) is 29.6 Å². The van der Waals surface area contributed by atoms with E-state index in [2.05, 4.69) is 5.38 Å². The summed E-state index contributed by atoms with van der Waals surface area (Å²) in [7, 11) is 0. The lowest BCUT2D eigenvalue weighted by molar-refractivity contribution is 0.823. The maximum Gasteiger partial charge on any atom is 0.106 e. The van der Waals surface area contributed by atoms with Crippen LogP contribution in [0.2, 0.25) is 0 Å². The van der Waals surface area contributed by atoms with Crippen LogP contribution < -0.4 is 5.73 Å². The van der Waals surface area contributed by atoms with Gasteiger partial charge >= 0.3 is 0 Å². The number of thiazole rings is 1. The Kier molecular flexibility index (Phi) is 3.07. The van der Waals surface area contributed by atoms with Crippen molar-refractivity contribution in [3.8, 4) is 11.3 Å². The van der Waals surface area contributed by atoms with Crippen molar-refractivity contribution in [3.05, 3.63) is 34.7 Å². The Balaban J connectivity index is 1.86. The van der Waals surface area contributed by atoms with Gasteiger partial charge in [0.2, 0.25) is 0 Å². The molecule has 0 aliphatic carbocycles. The third-order valence-electron chi connectivity index (χ3n) is 2.93. The standard InChI is InChI=1S/C13H14N2S2/c14-10-5-3-9(4-6-10)11-8-17-13(15-11)12-2-1-7-16-12/h3-6,8,12H,1-2,7,14H2. The third kappa shape index (κ3) is 2.33. The minimum atomic E-state index is 0.627. The van der Waals surface area contributed by atoms with E-state index in [-0.39, 0.29) is 0 Å². The molecule has 3 rings (SSSR count). The lowest BCUT2D eigenvalue weighted by Crippen LogP contribution is -1.88. The Morgan fingerprint density at radius 2 is 2.06 bits per heavy atom. The first kappa shape index (κ1) is 11.1. The molecule has 2 heterocycles. The molecule has 0 amide bonds. The SMILES string of the molecule is Nc1ccc(-c2csc(C3CCCS3)n2)cc1. The Hall–Kier alpha value is -1.00. The second-order valence-corrected chi connectivity index (χ2v) is 6.39. The molecule has 0 bridgehead atoms. The summed E-state index contributed by atoms with van der Waals surface area (Å²) in [4.78, 5) is 4.75. The number of nitrogens with zero attached hydrogens (tertiary/aromatic N) is 1. The molecule has 1 atom stereocenters. The van der Waals surface area contributed by atoms with Crippen LogP contribution in [0.3, 0.4) is 0 Å². The lowest BCUT2D eigenvalue weighted by atomic mass is 10.1. The summed E-state index contributed by atoms with van der Waals surface area (Å²) in [5.41, 5.74) is 8.73. The summed E-state index contributed by atoms with van der Waals surface area (Å²) in [5, 5.41) is 4.06. The van der Waals surface area contributed by atoms with Crippen molar-refractivity contribution in [1.82, 2.24) is 4.98 Å². The first-order valence-corrected chi connectivity index (χ1v) is 7.69. The molecule has 2 nitrogen and oxygen atoms in total. The summed E-state index contributed by atoms with van der Waals surface area (Å²) in [6, 6.07) is 7.93. The van der Waals surface area contributed by atoms with Crippen molar-refractivity contribution < 1.29 is 0 Å². The topological polar surface area (TPSA) is 38.9 Å². The quantitative estimate of drug-likeness (QED) is 0.833. The summed E-state index contributed by atoms with van der Waals surface area (Å²) in [6.45, 7) is 0. The highest BCUT2D eigenvalue weighted by atomic mass is 32.2. The van der Waals surface area contributed by atoms with Gasteiger partial charge in [0.25, 0.3) is 0 Å². The predicted octanol–water partition coefficient (Wildman–Crippen LogP) is 3.96. The second kappa shape index (κ2) is 4.70. The van der Waals surface area contributed by atoms with Crippen molar-refractivity contribution >= 4 is 28.8 Å². The van der Waals surface area contributed by atoms with Crippen LogP contribution >= 0.6 is 23.1 Å². The fourth-order valence-corrected chi connectivity index (χ4v) is 4.35. The zero-order valence-corrected chi connectivity index (χ0v) is 11.1. The summed E-state index contributed by atoms with van der Waals surface area (Å²) in [6.07, 6.45) is 2.60. The van der Waals surface area contributed by atoms with Gasteiger partial charge in [-0.15, -0.1) is 11.3 Å². The van der Waals surface area contributed by atoms with Gasteiger partial charge in [-0.25, -0.2) is 4.98 Å². The molecular formula is C13H14N2S2. The molecule has 0 radical (unpaired) electrons. The van der Waals surface area contributed by atoms with Gasteiger partial charge in [-0.05, 0) is 30.7 Å². The maximum atomic E-state index is 5.69. The first-order valence-electron chi connectivity index (χ1n) is 5.76. The normalized spacial score (nSPS) is 19.6.